The van der Waals surface area contributed by atoms with Gasteiger partial charge in [-0.2, -0.15) is 0 Å². The van der Waals surface area contributed by atoms with Crippen molar-refractivity contribution in [3.05, 3.63) is 62.6 Å². The summed E-state index contributed by atoms with van der Waals surface area (Å²) in [5, 5.41) is 5.97. The van der Waals surface area contributed by atoms with Crippen LogP contribution in [0.3, 0.4) is 0 Å². The van der Waals surface area contributed by atoms with E-state index in [9.17, 15) is 9.59 Å². The van der Waals surface area contributed by atoms with Gasteiger partial charge in [-0.25, -0.2) is 0 Å². The van der Waals surface area contributed by atoms with E-state index in [0.717, 1.165) is 16.7 Å². The number of halogens is 2. The lowest BCUT2D eigenvalue weighted by molar-refractivity contribution is -0.136. The van der Waals surface area contributed by atoms with E-state index in [0.29, 0.717) is 15.7 Å². The zero-order chi connectivity index (χ0) is 18.7. The summed E-state index contributed by atoms with van der Waals surface area (Å²) in [5.74, 6) is -1.49. The summed E-state index contributed by atoms with van der Waals surface area (Å²) in [7, 11) is 0. The van der Waals surface area contributed by atoms with Crippen molar-refractivity contribution in [1.29, 1.82) is 0 Å². The second-order valence-electron chi connectivity index (χ2n) is 6.10. The summed E-state index contributed by atoms with van der Waals surface area (Å²) in [6, 6.07) is 8.40. The molecule has 4 nitrogen and oxygen atoms in total. The summed E-state index contributed by atoms with van der Waals surface area (Å²) < 4.78 is 0. The first-order chi connectivity index (χ1) is 11.7. The molecule has 132 valence electrons. The number of amides is 2. The molecule has 0 saturated heterocycles. The van der Waals surface area contributed by atoms with Crippen molar-refractivity contribution in [3.8, 4) is 0 Å². The molecule has 0 heterocycles. The molecule has 0 aliphatic heterocycles. The Balaban J connectivity index is 2.08. The minimum atomic E-state index is -0.772. The van der Waals surface area contributed by atoms with Crippen molar-refractivity contribution in [3.63, 3.8) is 0 Å². The number of nitrogens with one attached hydrogen (secondary N) is 2. The van der Waals surface area contributed by atoms with E-state index in [2.05, 4.69) is 16.7 Å². The molecule has 2 aromatic carbocycles. The quantitative estimate of drug-likeness (QED) is 0.758. The highest BCUT2D eigenvalue weighted by atomic mass is 35.5. The third kappa shape index (κ3) is 4.97. The van der Waals surface area contributed by atoms with Crippen LogP contribution in [0.4, 0.5) is 5.69 Å². The largest absolute Gasteiger partial charge is 0.341 e. The Morgan fingerprint density at radius 3 is 2.00 bits per heavy atom. The van der Waals surface area contributed by atoms with Gasteiger partial charge in [0.2, 0.25) is 0 Å². The van der Waals surface area contributed by atoms with E-state index < -0.39 is 11.8 Å². The van der Waals surface area contributed by atoms with Gasteiger partial charge in [0.25, 0.3) is 0 Å². The maximum absolute atomic E-state index is 12.2. The van der Waals surface area contributed by atoms with Gasteiger partial charge in [-0.1, -0.05) is 35.3 Å². The fraction of sp³-hybridized carbons (Fsp3) is 0.263. The van der Waals surface area contributed by atoms with E-state index in [4.69, 9.17) is 23.2 Å². The molecule has 2 N–H and O–H groups in total. The zero-order valence-corrected chi connectivity index (χ0v) is 16.0. The fourth-order valence-corrected chi connectivity index (χ4v) is 3.13. The van der Waals surface area contributed by atoms with Gasteiger partial charge in [0, 0.05) is 15.7 Å². The Labute approximate surface area is 157 Å². The second kappa shape index (κ2) is 7.89. The Morgan fingerprint density at radius 1 is 0.840 bits per heavy atom. The van der Waals surface area contributed by atoms with Crippen LogP contribution in [0.15, 0.2) is 30.3 Å². The molecule has 2 amide bonds. The third-order valence-electron chi connectivity index (χ3n) is 4.02. The van der Waals surface area contributed by atoms with Crippen LogP contribution in [0.1, 0.15) is 35.2 Å². The molecule has 2 rings (SSSR count). The molecule has 0 saturated carbocycles. The molecule has 1 atom stereocenters. The molecule has 6 heteroatoms. The molecule has 25 heavy (non-hydrogen) atoms. The summed E-state index contributed by atoms with van der Waals surface area (Å²) in [6.07, 6.45) is 0. The average Bonchev–Trinajstić information content (AvgIpc) is 2.49. The summed E-state index contributed by atoms with van der Waals surface area (Å²) in [4.78, 5) is 24.3. The number of hydrogen-bond acceptors (Lipinski definition) is 2. The van der Waals surface area contributed by atoms with E-state index in [1.165, 1.54) is 17.7 Å². The lowest BCUT2D eigenvalue weighted by Gasteiger charge is -2.18. The van der Waals surface area contributed by atoms with Crippen molar-refractivity contribution in [2.24, 2.45) is 0 Å². The predicted octanol–water partition coefficient (Wildman–Crippen LogP) is 4.73. The minimum Gasteiger partial charge on any atom is -0.341 e. The fourth-order valence-electron chi connectivity index (χ4n) is 2.60. The number of carbonyl (C=O) groups excluding carboxylic acids is 2. The van der Waals surface area contributed by atoms with Crippen molar-refractivity contribution in [2.75, 3.05) is 5.32 Å². The zero-order valence-electron chi connectivity index (χ0n) is 14.5. The molecule has 0 radical (unpaired) electrons. The van der Waals surface area contributed by atoms with Crippen molar-refractivity contribution < 1.29 is 9.59 Å². The smallest absolute Gasteiger partial charge is 0.313 e. The summed E-state index contributed by atoms with van der Waals surface area (Å²) >= 11 is 11.8. The Morgan fingerprint density at radius 2 is 1.40 bits per heavy atom. The van der Waals surface area contributed by atoms with Crippen LogP contribution in [0.25, 0.3) is 0 Å². The maximum Gasteiger partial charge on any atom is 0.313 e. The predicted molar refractivity (Wildman–Crippen MR) is 102 cm³/mol. The lowest BCUT2D eigenvalue weighted by Crippen LogP contribution is -2.37. The van der Waals surface area contributed by atoms with E-state index >= 15 is 0 Å². The van der Waals surface area contributed by atoms with Crippen molar-refractivity contribution in [1.82, 2.24) is 5.32 Å². The van der Waals surface area contributed by atoms with Crippen LogP contribution in [0.5, 0.6) is 0 Å². The van der Waals surface area contributed by atoms with Gasteiger partial charge in [0.15, 0.2) is 0 Å². The van der Waals surface area contributed by atoms with Crippen LogP contribution in [0.2, 0.25) is 10.0 Å². The Hall–Kier alpha value is -2.04. The first-order valence-corrected chi connectivity index (χ1v) is 8.58. The summed E-state index contributed by atoms with van der Waals surface area (Å²) in [5.41, 5.74) is 4.75. The SMILES string of the molecule is Cc1cc(C)c([C@@H](C)NC(=O)C(=O)Nc2cc(Cl)cc(Cl)c2)cc1C. The number of hydrogen-bond donors (Lipinski definition) is 2. The third-order valence-corrected chi connectivity index (χ3v) is 4.46. The van der Waals surface area contributed by atoms with Crippen molar-refractivity contribution in [2.45, 2.75) is 33.7 Å². The van der Waals surface area contributed by atoms with Gasteiger partial charge in [0.1, 0.15) is 0 Å². The molecular weight excluding hydrogens is 359 g/mol. The number of aryl methyl sites for hydroxylation is 3. The maximum atomic E-state index is 12.2. The molecule has 0 aliphatic carbocycles. The first-order valence-electron chi connectivity index (χ1n) is 7.83. The lowest BCUT2D eigenvalue weighted by atomic mass is 9.96. The number of carbonyl (C=O) groups is 2. The molecule has 0 fully saturated rings. The van der Waals surface area contributed by atoms with Gasteiger partial charge in [-0.05, 0) is 68.1 Å². The van der Waals surface area contributed by atoms with E-state index in [-0.39, 0.29) is 6.04 Å². The van der Waals surface area contributed by atoms with Gasteiger partial charge in [-0.15, -0.1) is 0 Å². The van der Waals surface area contributed by atoms with Crippen LogP contribution < -0.4 is 10.6 Å². The minimum absolute atomic E-state index is 0.291. The van der Waals surface area contributed by atoms with Gasteiger partial charge >= 0.3 is 11.8 Å². The monoisotopic (exact) mass is 378 g/mol. The molecule has 0 aromatic heterocycles. The standard InChI is InChI=1S/C19H20Cl2N2O2/c1-10-5-12(3)17(6-11(10)2)13(4)22-18(24)19(25)23-16-8-14(20)7-15(21)9-16/h5-9,13H,1-4H3,(H,22,24)(H,23,25)/t13-/m1/s1. The number of anilines is 1. The number of benzene rings is 2. The topological polar surface area (TPSA) is 58.2 Å². The highest BCUT2D eigenvalue weighted by molar-refractivity contribution is 6.40. The highest BCUT2D eigenvalue weighted by Crippen LogP contribution is 2.23. The van der Waals surface area contributed by atoms with Crippen LogP contribution in [-0.2, 0) is 9.59 Å². The molecule has 2 aromatic rings. The first kappa shape index (κ1) is 19.3. The van der Waals surface area contributed by atoms with Gasteiger partial charge < -0.3 is 10.6 Å². The Kier molecular flexibility index (Phi) is 6.09. The van der Waals surface area contributed by atoms with E-state index in [1.54, 1.807) is 6.07 Å². The summed E-state index contributed by atoms with van der Waals surface area (Å²) in [6.45, 7) is 7.89. The van der Waals surface area contributed by atoms with Crippen LogP contribution in [0, 0.1) is 20.8 Å². The normalized spacial score (nSPS) is 11.8. The van der Waals surface area contributed by atoms with Gasteiger partial charge in [-0.3, -0.25) is 9.59 Å². The van der Waals surface area contributed by atoms with Crippen LogP contribution >= 0.6 is 23.2 Å². The molecule has 0 spiro atoms. The van der Waals surface area contributed by atoms with Crippen LogP contribution in [-0.4, -0.2) is 11.8 Å². The number of rotatable bonds is 3. The average molecular weight is 379 g/mol. The van der Waals surface area contributed by atoms with Crippen molar-refractivity contribution >= 4 is 40.7 Å². The molecule has 0 bridgehead atoms. The van der Waals surface area contributed by atoms with Gasteiger partial charge in [0.05, 0.1) is 6.04 Å². The van der Waals surface area contributed by atoms with E-state index in [1.807, 2.05) is 33.8 Å². The second-order valence-corrected chi connectivity index (χ2v) is 6.97. The Bertz CT molecular complexity index is 814. The molecular formula is C19H20Cl2N2O2. The molecule has 0 unspecified atom stereocenters. The highest BCUT2D eigenvalue weighted by Gasteiger charge is 2.19. The molecule has 0 aliphatic rings.